The van der Waals surface area contributed by atoms with Gasteiger partial charge in [0, 0.05) is 24.7 Å². The van der Waals surface area contributed by atoms with Gasteiger partial charge >= 0.3 is 0 Å². The van der Waals surface area contributed by atoms with Crippen LogP contribution in [0.5, 0.6) is 17.2 Å². The highest BCUT2D eigenvalue weighted by Crippen LogP contribution is 2.44. The lowest BCUT2D eigenvalue weighted by atomic mass is 9.83. The van der Waals surface area contributed by atoms with E-state index in [0.29, 0.717) is 6.04 Å². The Balaban J connectivity index is 0.00000102. The minimum Gasteiger partial charge on any atom is -0.496 e. The molecule has 0 saturated heterocycles. The van der Waals surface area contributed by atoms with Gasteiger partial charge in [0.2, 0.25) is 0 Å². The lowest BCUT2D eigenvalue weighted by Crippen LogP contribution is -2.39. The number of nitrogens with zero attached hydrogens (tertiary/aromatic N) is 1. The van der Waals surface area contributed by atoms with Crippen molar-refractivity contribution < 1.29 is 14.2 Å². The first kappa shape index (κ1) is 19.6. The quantitative estimate of drug-likeness (QED) is 0.784. The van der Waals surface area contributed by atoms with Crippen LogP contribution in [0.15, 0.2) is 24.3 Å². The molecule has 0 radical (unpaired) electrons. The summed E-state index contributed by atoms with van der Waals surface area (Å²) in [4.78, 5) is 2.57. The van der Waals surface area contributed by atoms with Crippen LogP contribution in [0.3, 0.4) is 0 Å². The van der Waals surface area contributed by atoms with Crippen molar-refractivity contribution in [3.8, 4) is 17.2 Å². The van der Waals surface area contributed by atoms with Crippen molar-refractivity contribution in [1.29, 1.82) is 0 Å². The number of benzene rings is 2. The third-order valence-electron chi connectivity index (χ3n) is 5.64. The first-order valence-electron chi connectivity index (χ1n) is 9.80. The SMILES string of the molecule is CC.COc1cc2c(cc1C)[C@@H]1Cc3ccc(OC)c(OC)c3CN1CC2. The molecule has 0 amide bonds. The van der Waals surface area contributed by atoms with Crippen LogP contribution in [0.4, 0.5) is 0 Å². The van der Waals surface area contributed by atoms with Crippen molar-refractivity contribution in [2.75, 3.05) is 27.9 Å². The van der Waals surface area contributed by atoms with Gasteiger partial charge in [-0.2, -0.15) is 0 Å². The summed E-state index contributed by atoms with van der Waals surface area (Å²) in [7, 11) is 5.18. The second-order valence-electron chi connectivity index (χ2n) is 6.90. The standard InChI is InChI=1S/C21H25NO3.C2H6/c1-13-9-16-15(11-20(13)24-3)7-8-22-12-17-14(10-18(16)22)5-6-19(23-2)21(17)25-4;1-2/h5-6,9,11,18H,7-8,10,12H2,1-4H3;1-2H3/t18-;/m0./s1. The van der Waals surface area contributed by atoms with Crippen molar-refractivity contribution in [1.82, 2.24) is 4.90 Å². The Morgan fingerprint density at radius 1 is 0.926 bits per heavy atom. The number of rotatable bonds is 3. The van der Waals surface area contributed by atoms with Gasteiger partial charge in [-0.25, -0.2) is 0 Å². The average molecular weight is 370 g/mol. The van der Waals surface area contributed by atoms with Crippen LogP contribution < -0.4 is 14.2 Å². The van der Waals surface area contributed by atoms with Crippen molar-refractivity contribution in [3.05, 3.63) is 52.1 Å². The van der Waals surface area contributed by atoms with Gasteiger partial charge in [-0.1, -0.05) is 26.0 Å². The van der Waals surface area contributed by atoms with Crippen LogP contribution >= 0.6 is 0 Å². The maximum atomic E-state index is 5.67. The maximum absolute atomic E-state index is 5.67. The topological polar surface area (TPSA) is 30.9 Å². The first-order chi connectivity index (χ1) is 13.2. The van der Waals surface area contributed by atoms with Gasteiger partial charge in [0.05, 0.1) is 21.3 Å². The zero-order valence-corrected chi connectivity index (χ0v) is 17.4. The smallest absolute Gasteiger partial charge is 0.165 e. The molecule has 2 aromatic rings. The molecule has 0 N–H and O–H groups in total. The predicted octanol–water partition coefficient (Wildman–Crippen LogP) is 4.70. The summed E-state index contributed by atoms with van der Waals surface area (Å²) in [5.41, 5.74) is 6.71. The molecule has 2 aliphatic heterocycles. The number of methoxy groups -OCH3 is 3. The summed E-state index contributed by atoms with van der Waals surface area (Å²) < 4.78 is 16.7. The molecule has 0 aromatic heterocycles. The Bertz CT molecular complexity index is 816. The van der Waals surface area contributed by atoms with Gasteiger partial charge in [-0.3, -0.25) is 4.90 Å². The van der Waals surface area contributed by atoms with E-state index in [4.69, 9.17) is 14.2 Å². The lowest BCUT2D eigenvalue weighted by molar-refractivity contribution is 0.157. The van der Waals surface area contributed by atoms with E-state index in [1.165, 1.54) is 27.8 Å². The molecule has 0 saturated carbocycles. The minimum absolute atomic E-state index is 0.430. The Morgan fingerprint density at radius 2 is 1.67 bits per heavy atom. The molecule has 146 valence electrons. The monoisotopic (exact) mass is 369 g/mol. The summed E-state index contributed by atoms with van der Waals surface area (Å²) in [6.45, 7) is 8.09. The molecule has 2 heterocycles. The molecule has 4 heteroatoms. The van der Waals surface area contributed by atoms with Gasteiger partial charge < -0.3 is 14.2 Å². The van der Waals surface area contributed by atoms with Crippen LogP contribution in [0.25, 0.3) is 0 Å². The van der Waals surface area contributed by atoms with E-state index in [-0.39, 0.29) is 0 Å². The molecule has 4 rings (SSSR count). The number of fused-ring (bicyclic) bond motifs is 4. The van der Waals surface area contributed by atoms with Crippen molar-refractivity contribution in [3.63, 3.8) is 0 Å². The number of ether oxygens (including phenoxy) is 3. The summed E-state index contributed by atoms with van der Waals surface area (Å²) in [6, 6.07) is 9.19. The van der Waals surface area contributed by atoms with E-state index in [0.717, 1.165) is 43.2 Å². The summed E-state index contributed by atoms with van der Waals surface area (Å²) in [6.07, 6.45) is 2.07. The van der Waals surface area contributed by atoms with Crippen molar-refractivity contribution >= 4 is 0 Å². The average Bonchev–Trinajstić information content (AvgIpc) is 2.72. The minimum atomic E-state index is 0.430. The van der Waals surface area contributed by atoms with Gasteiger partial charge in [0.25, 0.3) is 0 Å². The molecule has 0 unspecified atom stereocenters. The molecule has 0 spiro atoms. The number of aryl methyl sites for hydroxylation is 1. The van der Waals surface area contributed by atoms with Crippen LogP contribution in [-0.4, -0.2) is 32.8 Å². The zero-order chi connectivity index (χ0) is 19.6. The van der Waals surface area contributed by atoms with Crippen LogP contribution in [-0.2, 0) is 19.4 Å². The molecule has 1 atom stereocenters. The van der Waals surface area contributed by atoms with Crippen molar-refractivity contribution in [2.45, 2.75) is 46.2 Å². The molecule has 2 aromatic carbocycles. The Hall–Kier alpha value is -2.20. The first-order valence-corrected chi connectivity index (χ1v) is 9.80. The van der Waals surface area contributed by atoms with Gasteiger partial charge in [0.1, 0.15) is 5.75 Å². The van der Waals surface area contributed by atoms with E-state index in [1.807, 2.05) is 19.9 Å². The second kappa shape index (κ2) is 8.22. The van der Waals surface area contributed by atoms with Gasteiger partial charge in [-0.15, -0.1) is 0 Å². The normalized spacial score (nSPS) is 17.6. The predicted molar refractivity (Wildman–Crippen MR) is 109 cm³/mol. The third-order valence-corrected chi connectivity index (χ3v) is 5.64. The zero-order valence-electron chi connectivity index (χ0n) is 17.4. The Morgan fingerprint density at radius 3 is 2.33 bits per heavy atom. The molecule has 2 aliphatic rings. The van der Waals surface area contributed by atoms with Crippen LogP contribution in [0.1, 0.15) is 47.7 Å². The Kier molecular flexibility index (Phi) is 5.95. The van der Waals surface area contributed by atoms with Gasteiger partial charge in [-0.05, 0) is 54.2 Å². The lowest BCUT2D eigenvalue weighted by Gasteiger charge is -2.42. The highest BCUT2D eigenvalue weighted by molar-refractivity contribution is 5.53. The fraction of sp³-hybridized carbons (Fsp3) is 0.478. The third kappa shape index (κ3) is 3.39. The van der Waals surface area contributed by atoms with E-state index in [2.05, 4.69) is 30.0 Å². The van der Waals surface area contributed by atoms with E-state index in [1.54, 1.807) is 21.3 Å². The van der Waals surface area contributed by atoms with Crippen LogP contribution in [0.2, 0.25) is 0 Å². The Labute approximate surface area is 163 Å². The number of hydrogen-bond acceptors (Lipinski definition) is 4. The van der Waals surface area contributed by atoms with Gasteiger partial charge in [0.15, 0.2) is 11.5 Å². The molecule has 27 heavy (non-hydrogen) atoms. The highest BCUT2D eigenvalue weighted by Gasteiger charge is 2.34. The molecular formula is C23H31NO3. The molecule has 0 bridgehead atoms. The number of hydrogen-bond donors (Lipinski definition) is 0. The molecule has 0 fully saturated rings. The van der Waals surface area contributed by atoms with E-state index in [9.17, 15) is 0 Å². The van der Waals surface area contributed by atoms with Crippen LogP contribution in [0, 0.1) is 6.92 Å². The second-order valence-corrected chi connectivity index (χ2v) is 6.90. The van der Waals surface area contributed by atoms with E-state index < -0.39 is 0 Å². The largest absolute Gasteiger partial charge is 0.496 e. The van der Waals surface area contributed by atoms with E-state index >= 15 is 0 Å². The maximum Gasteiger partial charge on any atom is 0.165 e. The van der Waals surface area contributed by atoms with Crippen molar-refractivity contribution in [2.24, 2.45) is 0 Å². The summed E-state index contributed by atoms with van der Waals surface area (Å²) in [5.74, 6) is 2.70. The molecular weight excluding hydrogens is 338 g/mol. The summed E-state index contributed by atoms with van der Waals surface area (Å²) >= 11 is 0. The molecule has 0 aliphatic carbocycles. The molecule has 4 nitrogen and oxygen atoms in total. The summed E-state index contributed by atoms with van der Waals surface area (Å²) in [5, 5.41) is 0. The fourth-order valence-electron chi connectivity index (χ4n) is 4.35. The highest BCUT2D eigenvalue weighted by atomic mass is 16.5. The fourth-order valence-corrected chi connectivity index (χ4v) is 4.35.